The molecule has 2 rings (SSSR count). The normalized spacial score (nSPS) is 10.8. The highest BCUT2D eigenvalue weighted by Gasteiger charge is 2.21. The van der Waals surface area contributed by atoms with E-state index in [9.17, 15) is 24.6 Å². The van der Waals surface area contributed by atoms with Crippen molar-refractivity contribution in [3.63, 3.8) is 0 Å². The molecule has 0 fully saturated rings. The van der Waals surface area contributed by atoms with Crippen LogP contribution in [-0.2, 0) is 5.41 Å². The van der Waals surface area contributed by atoms with Gasteiger partial charge >= 0.3 is 5.69 Å². The fourth-order valence-corrected chi connectivity index (χ4v) is 2.05. The second-order valence-electron chi connectivity index (χ2n) is 5.70. The molecule has 0 saturated heterocycles. The van der Waals surface area contributed by atoms with E-state index in [0.717, 1.165) is 12.1 Å². The zero-order valence-corrected chi connectivity index (χ0v) is 13.0. The predicted molar refractivity (Wildman–Crippen MR) is 86.1 cm³/mol. The van der Waals surface area contributed by atoms with E-state index >= 15 is 0 Å². The van der Waals surface area contributed by atoms with E-state index in [1.165, 1.54) is 6.07 Å². The molecule has 7 heteroatoms. The Morgan fingerprint density at radius 2 is 2.00 bits per heavy atom. The first kappa shape index (κ1) is 17.1. The van der Waals surface area contributed by atoms with E-state index in [1.807, 2.05) is 0 Å². The van der Waals surface area contributed by atoms with Gasteiger partial charge in [0.15, 0.2) is 0 Å². The number of nitro groups is 1. The predicted octanol–water partition coefficient (Wildman–Crippen LogP) is 3.79. The van der Waals surface area contributed by atoms with E-state index < -0.39 is 27.8 Å². The topological polar surface area (TPSA) is 96.0 Å². The fourth-order valence-electron chi connectivity index (χ4n) is 2.05. The standard InChI is InChI=1S/C17H14FN3O3/c1-17(2,10-19)12-5-3-4-11(8-12)16(22)20-13-6-7-14(18)15(9-13)21(23)24/h3-9H,1-2H3,(H,20,22). The van der Waals surface area contributed by atoms with E-state index in [-0.39, 0.29) is 5.69 Å². The zero-order valence-electron chi connectivity index (χ0n) is 13.0. The van der Waals surface area contributed by atoms with Crippen LogP contribution in [0.1, 0.15) is 29.8 Å². The van der Waals surface area contributed by atoms with Crippen LogP contribution in [0.5, 0.6) is 0 Å². The van der Waals surface area contributed by atoms with Crippen LogP contribution in [-0.4, -0.2) is 10.8 Å². The lowest BCUT2D eigenvalue weighted by atomic mass is 9.85. The Bertz CT molecular complexity index is 856. The van der Waals surface area contributed by atoms with Gasteiger partial charge in [0, 0.05) is 17.3 Å². The molecule has 2 aromatic carbocycles. The minimum atomic E-state index is -0.976. The van der Waals surface area contributed by atoms with Gasteiger partial charge in [0.1, 0.15) is 0 Å². The van der Waals surface area contributed by atoms with Gasteiger partial charge in [-0.2, -0.15) is 9.65 Å². The van der Waals surface area contributed by atoms with Gasteiger partial charge in [-0.05, 0) is 43.7 Å². The SMILES string of the molecule is CC(C)(C#N)c1cccc(C(=O)Nc2ccc(F)c([N+](=O)[O-])c2)c1. The molecule has 0 aliphatic carbocycles. The number of anilines is 1. The average Bonchev–Trinajstić information content (AvgIpc) is 2.56. The summed E-state index contributed by atoms with van der Waals surface area (Å²) in [4.78, 5) is 22.2. The first-order valence-electron chi connectivity index (χ1n) is 7.01. The van der Waals surface area contributed by atoms with Crippen LogP contribution in [0.15, 0.2) is 42.5 Å². The lowest BCUT2D eigenvalue weighted by molar-refractivity contribution is -0.387. The maximum atomic E-state index is 13.3. The van der Waals surface area contributed by atoms with Gasteiger partial charge in [-0.25, -0.2) is 0 Å². The number of nitro benzene ring substituents is 1. The smallest absolute Gasteiger partial charge is 0.306 e. The molecule has 0 saturated carbocycles. The Morgan fingerprint density at radius 3 is 2.62 bits per heavy atom. The number of halogens is 1. The fraction of sp³-hybridized carbons (Fsp3) is 0.176. The highest BCUT2D eigenvalue weighted by atomic mass is 19.1. The Morgan fingerprint density at radius 1 is 1.29 bits per heavy atom. The first-order valence-corrected chi connectivity index (χ1v) is 7.01. The van der Waals surface area contributed by atoms with E-state index in [1.54, 1.807) is 38.1 Å². The van der Waals surface area contributed by atoms with Crippen molar-refractivity contribution in [2.75, 3.05) is 5.32 Å². The number of nitrogens with one attached hydrogen (secondary N) is 1. The van der Waals surface area contributed by atoms with Crippen LogP contribution >= 0.6 is 0 Å². The van der Waals surface area contributed by atoms with Crippen LogP contribution in [0.4, 0.5) is 15.8 Å². The number of benzene rings is 2. The van der Waals surface area contributed by atoms with Gasteiger partial charge in [-0.3, -0.25) is 14.9 Å². The molecule has 0 aliphatic heterocycles. The summed E-state index contributed by atoms with van der Waals surface area (Å²) in [6, 6.07) is 11.8. The van der Waals surface area contributed by atoms with Crippen molar-refractivity contribution in [3.8, 4) is 6.07 Å². The molecule has 24 heavy (non-hydrogen) atoms. The summed E-state index contributed by atoms with van der Waals surface area (Å²) < 4.78 is 13.3. The number of hydrogen-bond donors (Lipinski definition) is 1. The van der Waals surface area contributed by atoms with Gasteiger partial charge in [0.05, 0.1) is 16.4 Å². The third-order valence-electron chi connectivity index (χ3n) is 3.53. The number of nitriles is 1. The molecule has 122 valence electrons. The summed E-state index contributed by atoms with van der Waals surface area (Å²) in [5.41, 5.74) is -0.402. The number of amides is 1. The second kappa shape index (κ2) is 6.46. The molecule has 0 unspecified atom stereocenters. The summed E-state index contributed by atoms with van der Waals surface area (Å²) in [6.07, 6.45) is 0. The molecule has 0 radical (unpaired) electrons. The number of carbonyl (C=O) groups is 1. The Balaban J connectivity index is 2.28. The van der Waals surface area contributed by atoms with Gasteiger partial charge in [0.2, 0.25) is 5.82 Å². The molecule has 6 nitrogen and oxygen atoms in total. The molecule has 2 aromatic rings. The zero-order chi connectivity index (χ0) is 17.9. The van der Waals surface area contributed by atoms with Crippen molar-refractivity contribution in [2.24, 2.45) is 0 Å². The van der Waals surface area contributed by atoms with Gasteiger partial charge in [-0.1, -0.05) is 12.1 Å². The minimum Gasteiger partial charge on any atom is -0.322 e. The number of nitrogens with zero attached hydrogens (tertiary/aromatic N) is 2. The minimum absolute atomic E-state index is 0.109. The van der Waals surface area contributed by atoms with E-state index in [0.29, 0.717) is 11.1 Å². The van der Waals surface area contributed by atoms with Crippen molar-refractivity contribution in [2.45, 2.75) is 19.3 Å². The maximum absolute atomic E-state index is 13.3. The van der Waals surface area contributed by atoms with Crippen LogP contribution in [0.3, 0.4) is 0 Å². The molecule has 0 spiro atoms. The molecule has 1 amide bonds. The lowest BCUT2D eigenvalue weighted by Crippen LogP contribution is -2.17. The first-order chi connectivity index (χ1) is 11.2. The average molecular weight is 327 g/mol. The summed E-state index contributed by atoms with van der Waals surface area (Å²) in [7, 11) is 0. The van der Waals surface area contributed by atoms with E-state index in [2.05, 4.69) is 11.4 Å². The third-order valence-corrected chi connectivity index (χ3v) is 3.53. The molecule has 0 aliphatic rings. The third kappa shape index (κ3) is 3.55. The molecule has 0 aromatic heterocycles. The lowest BCUT2D eigenvalue weighted by Gasteiger charge is -2.16. The Hall–Kier alpha value is -3.27. The highest BCUT2D eigenvalue weighted by Crippen LogP contribution is 2.24. The summed E-state index contributed by atoms with van der Waals surface area (Å²) in [5.74, 6) is -1.48. The molecular weight excluding hydrogens is 313 g/mol. The van der Waals surface area contributed by atoms with Crippen molar-refractivity contribution in [1.82, 2.24) is 0 Å². The summed E-state index contributed by atoms with van der Waals surface area (Å²) in [6.45, 7) is 3.46. The summed E-state index contributed by atoms with van der Waals surface area (Å²) in [5, 5.41) is 22.4. The Labute approximate surface area is 137 Å². The summed E-state index contributed by atoms with van der Waals surface area (Å²) >= 11 is 0. The van der Waals surface area contributed by atoms with Gasteiger partial charge in [0.25, 0.3) is 5.91 Å². The van der Waals surface area contributed by atoms with Gasteiger partial charge in [-0.15, -0.1) is 0 Å². The number of rotatable bonds is 4. The molecule has 0 heterocycles. The highest BCUT2D eigenvalue weighted by molar-refractivity contribution is 6.04. The molecule has 0 bridgehead atoms. The van der Waals surface area contributed by atoms with Crippen LogP contribution in [0.2, 0.25) is 0 Å². The quantitative estimate of drug-likeness (QED) is 0.682. The second-order valence-corrected chi connectivity index (χ2v) is 5.70. The monoisotopic (exact) mass is 327 g/mol. The number of carbonyl (C=O) groups excluding carboxylic acids is 1. The van der Waals surface area contributed by atoms with Crippen molar-refractivity contribution >= 4 is 17.3 Å². The van der Waals surface area contributed by atoms with Gasteiger partial charge < -0.3 is 5.32 Å². The van der Waals surface area contributed by atoms with E-state index in [4.69, 9.17) is 0 Å². The van der Waals surface area contributed by atoms with Crippen molar-refractivity contribution in [1.29, 1.82) is 5.26 Å². The van der Waals surface area contributed by atoms with Crippen molar-refractivity contribution < 1.29 is 14.1 Å². The molecule has 1 N–H and O–H groups in total. The maximum Gasteiger partial charge on any atom is 0.306 e. The largest absolute Gasteiger partial charge is 0.322 e. The van der Waals surface area contributed by atoms with Crippen LogP contribution < -0.4 is 5.32 Å². The molecular formula is C17H14FN3O3. The Kier molecular flexibility index (Phi) is 4.60. The van der Waals surface area contributed by atoms with Crippen LogP contribution in [0, 0.1) is 27.3 Å². The number of hydrogen-bond acceptors (Lipinski definition) is 4. The van der Waals surface area contributed by atoms with Crippen LogP contribution in [0.25, 0.3) is 0 Å². The molecule has 0 atom stereocenters. The van der Waals surface area contributed by atoms with Crippen molar-refractivity contribution in [3.05, 3.63) is 69.5 Å².